The van der Waals surface area contributed by atoms with Gasteiger partial charge in [-0.3, -0.25) is 0 Å². The largest absolute Gasteiger partial charge is 0.497 e. The Hall–Kier alpha value is -1.60. The molecule has 142 valence electrons. The molecule has 7 heteroatoms. The summed E-state index contributed by atoms with van der Waals surface area (Å²) < 4.78 is 33.2. The molecule has 2 N–H and O–H groups in total. The number of sulfonamides is 1. The first-order valence-corrected chi connectivity index (χ1v) is 10.2. The first-order chi connectivity index (χ1) is 12.3. The molecular formula is C19H24ClNO4S. The third-order valence-electron chi connectivity index (χ3n) is 4.47. The number of nitrogens with one attached hydrogen (secondary N) is 1. The molecule has 2 aromatic carbocycles. The Kier molecular flexibility index (Phi) is 7.06. The number of aliphatic hydroxyl groups is 1. The van der Waals surface area contributed by atoms with Gasteiger partial charge in [0, 0.05) is 5.02 Å². The lowest BCUT2D eigenvalue weighted by atomic mass is 9.91. The summed E-state index contributed by atoms with van der Waals surface area (Å²) in [7, 11) is -2.23. The fourth-order valence-corrected chi connectivity index (χ4v) is 4.09. The summed E-state index contributed by atoms with van der Waals surface area (Å²) in [5, 5.41) is 11.3. The second-order valence-corrected chi connectivity index (χ2v) is 8.35. The number of methoxy groups -OCH3 is 1. The maximum absolute atomic E-state index is 12.7. The van der Waals surface area contributed by atoms with Crippen molar-refractivity contribution in [3.05, 3.63) is 59.1 Å². The Bertz CT molecular complexity index is 806. The van der Waals surface area contributed by atoms with Crippen LogP contribution in [0.1, 0.15) is 31.9 Å². The molecule has 0 saturated carbocycles. The zero-order valence-corrected chi connectivity index (χ0v) is 16.6. The number of hydrogen-bond acceptors (Lipinski definition) is 4. The van der Waals surface area contributed by atoms with Gasteiger partial charge >= 0.3 is 0 Å². The van der Waals surface area contributed by atoms with Gasteiger partial charge in [-0.15, -0.1) is 0 Å². The minimum Gasteiger partial charge on any atom is -0.497 e. The highest BCUT2D eigenvalue weighted by molar-refractivity contribution is 7.89. The van der Waals surface area contributed by atoms with E-state index in [0.717, 1.165) is 0 Å². The van der Waals surface area contributed by atoms with Gasteiger partial charge in [0.2, 0.25) is 10.0 Å². The van der Waals surface area contributed by atoms with Crippen LogP contribution in [0.5, 0.6) is 5.75 Å². The van der Waals surface area contributed by atoms with Gasteiger partial charge in [0.05, 0.1) is 24.2 Å². The Morgan fingerprint density at radius 1 is 1.12 bits per heavy atom. The average molecular weight is 398 g/mol. The molecule has 0 heterocycles. The van der Waals surface area contributed by atoms with Crippen molar-refractivity contribution in [2.24, 2.45) is 5.92 Å². The van der Waals surface area contributed by atoms with Crippen LogP contribution >= 0.6 is 11.6 Å². The highest BCUT2D eigenvalue weighted by atomic mass is 35.5. The van der Waals surface area contributed by atoms with Crippen LogP contribution in [0.2, 0.25) is 5.02 Å². The van der Waals surface area contributed by atoms with E-state index < -0.39 is 22.2 Å². The van der Waals surface area contributed by atoms with Crippen LogP contribution in [0.15, 0.2) is 53.4 Å². The van der Waals surface area contributed by atoms with Crippen LogP contribution in [-0.2, 0) is 10.0 Å². The van der Waals surface area contributed by atoms with Gasteiger partial charge in [-0.2, -0.15) is 0 Å². The first-order valence-electron chi connectivity index (χ1n) is 8.38. The van der Waals surface area contributed by atoms with E-state index in [2.05, 4.69) is 4.72 Å². The minimum atomic E-state index is -3.79. The minimum absolute atomic E-state index is 0.0748. The van der Waals surface area contributed by atoms with E-state index in [1.165, 1.54) is 24.3 Å². The summed E-state index contributed by atoms with van der Waals surface area (Å²) in [6.45, 7) is 3.86. The lowest BCUT2D eigenvalue weighted by Gasteiger charge is -2.29. The molecule has 0 bridgehead atoms. The zero-order chi connectivity index (χ0) is 19.3. The predicted molar refractivity (Wildman–Crippen MR) is 103 cm³/mol. The molecule has 0 aromatic heterocycles. The number of halogens is 1. The van der Waals surface area contributed by atoms with Crippen molar-refractivity contribution in [1.29, 1.82) is 0 Å². The standard InChI is InChI=1S/C19H24ClNO4S/c1-4-13(2)18(19(22)14-5-9-16(25-3)10-6-14)21-26(23,24)17-11-7-15(20)8-12-17/h5-13,18-19,21-22H,4H2,1-3H3/t13-,18-,19?/m0/s1. The average Bonchev–Trinajstić information content (AvgIpc) is 2.65. The summed E-state index contributed by atoms with van der Waals surface area (Å²) in [6, 6.07) is 12.2. The first kappa shape index (κ1) is 20.7. The van der Waals surface area contributed by atoms with Gasteiger partial charge in [-0.05, 0) is 47.9 Å². The van der Waals surface area contributed by atoms with Crippen LogP contribution in [0, 0.1) is 5.92 Å². The third kappa shape index (κ3) is 4.98. The molecule has 2 rings (SSSR count). The highest BCUT2D eigenvalue weighted by Gasteiger charge is 2.30. The lowest BCUT2D eigenvalue weighted by molar-refractivity contribution is 0.112. The molecule has 3 atom stereocenters. The molecule has 0 saturated heterocycles. The van der Waals surface area contributed by atoms with E-state index in [0.29, 0.717) is 22.8 Å². The Labute approximate surface area is 160 Å². The Balaban J connectivity index is 2.29. The molecule has 0 radical (unpaired) electrons. The molecule has 0 amide bonds. The highest BCUT2D eigenvalue weighted by Crippen LogP contribution is 2.27. The van der Waals surface area contributed by atoms with E-state index in [4.69, 9.17) is 16.3 Å². The fourth-order valence-electron chi connectivity index (χ4n) is 2.62. The van der Waals surface area contributed by atoms with Crippen LogP contribution in [0.3, 0.4) is 0 Å². The molecule has 5 nitrogen and oxygen atoms in total. The van der Waals surface area contributed by atoms with Crippen molar-refractivity contribution in [2.45, 2.75) is 37.3 Å². The van der Waals surface area contributed by atoms with Gasteiger partial charge < -0.3 is 9.84 Å². The van der Waals surface area contributed by atoms with E-state index in [-0.39, 0.29) is 10.8 Å². The molecule has 0 aliphatic carbocycles. The molecule has 0 aliphatic rings. The maximum atomic E-state index is 12.7. The predicted octanol–water partition coefficient (Wildman–Crippen LogP) is 3.78. The van der Waals surface area contributed by atoms with Crippen molar-refractivity contribution >= 4 is 21.6 Å². The summed E-state index contributed by atoms with van der Waals surface area (Å²) in [5.41, 5.74) is 0.620. The van der Waals surface area contributed by atoms with E-state index in [1.807, 2.05) is 13.8 Å². The van der Waals surface area contributed by atoms with Crippen molar-refractivity contribution in [3.63, 3.8) is 0 Å². The monoisotopic (exact) mass is 397 g/mol. The van der Waals surface area contributed by atoms with Gasteiger partial charge in [-0.25, -0.2) is 13.1 Å². The second-order valence-electron chi connectivity index (χ2n) is 6.20. The smallest absolute Gasteiger partial charge is 0.240 e. The summed E-state index contributed by atoms with van der Waals surface area (Å²) in [6.07, 6.45) is -0.279. The van der Waals surface area contributed by atoms with Crippen molar-refractivity contribution in [2.75, 3.05) is 7.11 Å². The Morgan fingerprint density at radius 2 is 1.69 bits per heavy atom. The maximum Gasteiger partial charge on any atom is 0.240 e. The number of ether oxygens (including phenoxy) is 1. The molecule has 0 spiro atoms. The molecule has 26 heavy (non-hydrogen) atoms. The quantitative estimate of drug-likeness (QED) is 0.710. The second kappa shape index (κ2) is 8.86. The number of rotatable bonds is 8. The molecule has 2 aromatic rings. The van der Waals surface area contributed by atoms with Crippen LogP contribution in [0.25, 0.3) is 0 Å². The van der Waals surface area contributed by atoms with Crippen LogP contribution < -0.4 is 9.46 Å². The van der Waals surface area contributed by atoms with Crippen LogP contribution in [-0.4, -0.2) is 26.7 Å². The fraction of sp³-hybridized carbons (Fsp3) is 0.368. The summed E-state index contributed by atoms with van der Waals surface area (Å²) in [5.74, 6) is 0.594. The molecule has 1 unspecified atom stereocenters. The third-order valence-corrected chi connectivity index (χ3v) is 6.20. The SMILES string of the molecule is CC[C@H](C)[C@H](NS(=O)(=O)c1ccc(Cl)cc1)C(O)c1ccc(OC)cc1. The zero-order valence-electron chi connectivity index (χ0n) is 15.0. The topological polar surface area (TPSA) is 75.6 Å². The van der Waals surface area contributed by atoms with Crippen molar-refractivity contribution < 1.29 is 18.3 Å². The van der Waals surface area contributed by atoms with E-state index in [1.54, 1.807) is 31.4 Å². The van der Waals surface area contributed by atoms with Gasteiger partial charge in [0.15, 0.2) is 0 Å². The normalized spacial score (nSPS) is 15.3. The van der Waals surface area contributed by atoms with Crippen LogP contribution in [0.4, 0.5) is 0 Å². The summed E-state index contributed by atoms with van der Waals surface area (Å²) in [4.78, 5) is 0.108. The molecular weight excluding hydrogens is 374 g/mol. The van der Waals surface area contributed by atoms with E-state index in [9.17, 15) is 13.5 Å². The van der Waals surface area contributed by atoms with Gasteiger partial charge in [0.1, 0.15) is 5.75 Å². The van der Waals surface area contributed by atoms with Crippen molar-refractivity contribution in [1.82, 2.24) is 4.72 Å². The van der Waals surface area contributed by atoms with E-state index >= 15 is 0 Å². The molecule has 0 fully saturated rings. The number of aliphatic hydroxyl groups excluding tert-OH is 1. The van der Waals surface area contributed by atoms with Gasteiger partial charge in [-0.1, -0.05) is 44.0 Å². The van der Waals surface area contributed by atoms with Crippen molar-refractivity contribution in [3.8, 4) is 5.75 Å². The summed E-state index contributed by atoms with van der Waals surface area (Å²) >= 11 is 5.83. The molecule has 0 aliphatic heterocycles. The van der Waals surface area contributed by atoms with Gasteiger partial charge in [0.25, 0.3) is 0 Å². The number of benzene rings is 2. The number of hydrogen-bond donors (Lipinski definition) is 2. The Morgan fingerprint density at radius 3 is 2.19 bits per heavy atom. The lowest BCUT2D eigenvalue weighted by Crippen LogP contribution is -2.43.